The van der Waals surface area contributed by atoms with Crippen LogP contribution in [0.1, 0.15) is 39.0 Å². The van der Waals surface area contributed by atoms with Gasteiger partial charge in [0.15, 0.2) is 0 Å². The first-order chi connectivity index (χ1) is 7.63. The number of carbonyl (C=O) groups is 1. The molecule has 16 heavy (non-hydrogen) atoms. The van der Waals surface area contributed by atoms with Gasteiger partial charge in [-0.25, -0.2) is 0 Å². The first-order valence-corrected chi connectivity index (χ1v) is 6.23. The molecule has 0 spiro atoms. The molecule has 2 aliphatic rings. The highest BCUT2D eigenvalue weighted by Gasteiger charge is 2.43. The third-order valence-corrected chi connectivity index (χ3v) is 4.00. The van der Waals surface area contributed by atoms with Gasteiger partial charge in [-0.05, 0) is 45.6 Å². The Bertz CT molecular complexity index is 263. The number of ether oxygens (including phenoxy) is 1. The number of carboxylic acid groups (broad SMARTS) is 1. The van der Waals surface area contributed by atoms with E-state index in [1.165, 1.54) is 0 Å². The number of hydrogen-bond acceptors (Lipinski definition) is 3. The third kappa shape index (κ3) is 2.23. The van der Waals surface area contributed by atoms with E-state index in [2.05, 4.69) is 4.90 Å². The summed E-state index contributed by atoms with van der Waals surface area (Å²) < 4.78 is 5.57. The minimum absolute atomic E-state index is 0.360. The molecule has 2 fully saturated rings. The summed E-state index contributed by atoms with van der Waals surface area (Å²) in [5, 5.41) is 9.26. The lowest BCUT2D eigenvalue weighted by molar-refractivity contribution is -0.148. The standard InChI is InChI=1S/C12H21NO3/c1-12(11(14)15)6-3-7-13(12)8-5-10-4-2-9-16-10/h10H,2-9H2,1H3,(H,14,15). The molecule has 0 amide bonds. The highest BCUT2D eigenvalue weighted by Crippen LogP contribution is 2.30. The zero-order valence-corrected chi connectivity index (χ0v) is 9.95. The van der Waals surface area contributed by atoms with Gasteiger partial charge < -0.3 is 9.84 Å². The van der Waals surface area contributed by atoms with Crippen molar-refractivity contribution in [1.29, 1.82) is 0 Å². The fraction of sp³-hybridized carbons (Fsp3) is 0.917. The molecule has 0 bridgehead atoms. The first kappa shape index (κ1) is 11.9. The summed E-state index contributed by atoms with van der Waals surface area (Å²) in [6, 6.07) is 0. The lowest BCUT2D eigenvalue weighted by atomic mass is 9.99. The number of rotatable bonds is 4. The van der Waals surface area contributed by atoms with Crippen molar-refractivity contribution in [2.75, 3.05) is 19.7 Å². The van der Waals surface area contributed by atoms with Gasteiger partial charge in [0.1, 0.15) is 5.54 Å². The van der Waals surface area contributed by atoms with Gasteiger partial charge in [0.05, 0.1) is 6.10 Å². The molecule has 2 heterocycles. The summed E-state index contributed by atoms with van der Waals surface area (Å²) in [6.07, 6.45) is 5.39. The van der Waals surface area contributed by atoms with Crippen LogP contribution in [0.15, 0.2) is 0 Å². The van der Waals surface area contributed by atoms with E-state index < -0.39 is 11.5 Å². The molecule has 2 rings (SSSR count). The van der Waals surface area contributed by atoms with Crippen molar-refractivity contribution in [2.24, 2.45) is 0 Å². The van der Waals surface area contributed by atoms with Crippen molar-refractivity contribution in [3.63, 3.8) is 0 Å². The van der Waals surface area contributed by atoms with Crippen LogP contribution in [-0.2, 0) is 9.53 Å². The maximum atomic E-state index is 11.3. The van der Waals surface area contributed by atoms with Crippen LogP contribution in [0.4, 0.5) is 0 Å². The second-order valence-corrected chi connectivity index (χ2v) is 5.09. The molecule has 92 valence electrons. The van der Waals surface area contributed by atoms with Crippen molar-refractivity contribution in [3.05, 3.63) is 0 Å². The Morgan fingerprint density at radius 1 is 1.56 bits per heavy atom. The molecule has 0 saturated carbocycles. The summed E-state index contributed by atoms with van der Waals surface area (Å²) in [6.45, 7) is 4.49. The highest BCUT2D eigenvalue weighted by molar-refractivity contribution is 5.78. The lowest BCUT2D eigenvalue weighted by Crippen LogP contribution is -2.48. The molecule has 0 aromatic rings. The molecule has 2 unspecified atom stereocenters. The van der Waals surface area contributed by atoms with Crippen LogP contribution in [0.3, 0.4) is 0 Å². The molecule has 2 aliphatic heterocycles. The van der Waals surface area contributed by atoms with Gasteiger partial charge in [0.25, 0.3) is 0 Å². The normalized spacial score (nSPS) is 35.7. The minimum Gasteiger partial charge on any atom is -0.480 e. The average molecular weight is 227 g/mol. The molecule has 4 nitrogen and oxygen atoms in total. The molecule has 4 heteroatoms. The summed E-state index contributed by atoms with van der Waals surface area (Å²) in [4.78, 5) is 13.4. The van der Waals surface area contributed by atoms with Crippen LogP contribution >= 0.6 is 0 Å². The smallest absolute Gasteiger partial charge is 0.323 e. The Labute approximate surface area is 96.6 Å². The van der Waals surface area contributed by atoms with E-state index in [4.69, 9.17) is 4.74 Å². The molecular formula is C12H21NO3. The maximum absolute atomic E-state index is 11.3. The van der Waals surface area contributed by atoms with E-state index in [1.54, 1.807) is 0 Å². The SMILES string of the molecule is CC1(C(=O)O)CCCN1CCC1CCCO1. The number of nitrogens with zero attached hydrogens (tertiary/aromatic N) is 1. The van der Waals surface area contributed by atoms with Crippen LogP contribution < -0.4 is 0 Å². The van der Waals surface area contributed by atoms with E-state index in [0.29, 0.717) is 6.10 Å². The highest BCUT2D eigenvalue weighted by atomic mass is 16.5. The monoisotopic (exact) mass is 227 g/mol. The van der Waals surface area contributed by atoms with Crippen LogP contribution in [0.2, 0.25) is 0 Å². The minimum atomic E-state index is -0.683. The Balaban J connectivity index is 1.86. The Kier molecular flexibility index (Phi) is 3.50. The second-order valence-electron chi connectivity index (χ2n) is 5.09. The Hall–Kier alpha value is -0.610. The van der Waals surface area contributed by atoms with Gasteiger partial charge in [-0.1, -0.05) is 0 Å². The molecular weight excluding hydrogens is 206 g/mol. The van der Waals surface area contributed by atoms with E-state index in [0.717, 1.165) is 51.8 Å². The molecule has 2 saturated heterocycles. The predicted octanol–water partition coefficient (Wildman–Crippen LogP) is 1.49. The Morgan fingerprint density at radius 3 is 3.00 bits per heavy atom. The lowest BCUT2D eigenvalue weighted by Gasteiger charge is -2.31. The van der Waals surface area contributed by atoms with Crippen molar-refractivity contribution < 1.29 is 14.6 Å². The van der Waals surface area contributed by atoms with Crippen LogP contribution in [0.25, 0.3) is 0 Å². The van der Waals surface area contributed by atoms with Crippen molar-refractivity contribution in [2.45, 2.75) is 50.7 Å². The maximum Gasteiger partial charge on any atom is 0.323 e. The zero-order valence-electron chi connectivity index (χ0n) is 9.95. The van der Waals surface area contributed by atoms with Gasteiger partial charge in [-0.15, -0.1) is 0 Å². The summed E-state index contributed by atoms with van der Waals surface area (Å²) in [7, 11) is 0. The van der Waals surface area contributed by atoms with Crippen LogP contribution in [0.5, 0.6) is 0 Å². The topological polar surface area (TPSA) is 49.8 Å². The predicted molar refractivity (Wildman–Crippen MR) is 60.4 cm³/mol. The first-order valence-electron chi connectivity index (χ1n) is 6.23. The van der Waals surface area contributed by atoms with Gasteiger partial charge >= 0.3 is 5.97 Å². The van der Waals surface area contributed by atoms with E-state index in [-0.39, 0.29) is 0 Å². The summed E-state index contributed by atoms with van der Waals surface area (Å²) in [5.41, 5.74) is -0.640. The van der Waals surface area contributed by atoms with Crippen molar-refractivity contribution in [3.8, 4) is 0 Å². The number of aliphatic carboxylic acids is 1. The number of carboxylic acids is 1. The van der Waals surface area contributed by atoms with E-state index in [1.807, 2.05) is 6.92 Å². The molecule has 1 N–H and O–H groups in total. The van der Waals surface area contributed by atoms with Gasteiger partial charge in [-0.3, -0.25) is 9.69 Å². The van der Waals surface area contributed by atoms with E-state index >= 15 is 0 Å². The zero-order chi connectivity index (χ0) is 11.6. The summed E-state index contributed by atoms with van der Waals surface area (Å²) >= 11 is 0. The molecule has 0 aromatic heterocycles. The van der Waals surface area contributed by atoms with Gasteiger partial charge in [-0.2, -0.15) is 0 Å². The molecule has 0 aliphatic carbocycles. The fourth-order valence-electron chi connectivity index (χ4n) is 2.79. The number of hydrogen-bond donors (Lipinski definition) is 1. The van der Waals surface area contributed by atoms with Crippen molar-refractivity contribution in [1.82, 2.24) is 4.90 Å². The van der Waals surface area contributed by atoms with Gasteiger partial charge in [0.2, 0.25) is 0 Å². The fourth-order valence-corrected chi connectivity index (χ4v) is 2.79. The average Bonchev–Trinajstić information content (AvgIpc) is 2.85. The Morgan fingerprint density at radius 2 is 2.38 bits per heavy atom. The van der Waals surface area contributed by atoms with Crippen molar-refractivity contribution >= 4 is 5.97 Å². The molecule has 0 radical (unpaired) electrons. The second kappa shape index (κ2) is 4.72. The number of likely N-dealkylation sites (tertiary alicyclic amines) is 1. The van der Waals surface area contributed by atoms with Crippen LogP contribution in [0, 0.1) is 0 Å². The van der Waals surface area contributed by atoms with Gasteiger partial charge in [0, 0.05) is 13.2 Å². The largest absolute Gasteiger partial charge is 0.480 e. The molecule has 2 atom stereocenters. The summed E-state index contributed by atoms with van der Waals surface area (Å²) in [5.74, 6) is -0.683. The van der Waals surface area contributed by atoms with Crippen LogP contribution in [-0.4, -0.2) is 47.3 Å². The molecule has 0 aromatic carbocycles. The quantitative estimate of drug-likeness (QED) is 0.790. The van der Waals surface area contributed by atoms with E-state index in [9.17, 15) is 9.90 Å². The third-order valence-electron chi connectivity index (χ3n) is 4.00.